The molecule has 9 heteroatoms. The van der Waals surface area contributed by atoms with E-state index in [2.05, 4.69) is 10.4 Å². The number of aromatic nitrogens is 2. The Morgan fingerprint density at radius 2 is 1.86 bits per heavy atom. The van der Waals surface area contributed by atoms with Crippen LogP contribution in [0.4, 0.5) is 11.4 Å². The minimum Gasteiger partial charge on any atom is -0.395 e. The van der Waals surface area contributed by atoms with Gasteiger partial charge in [0.25, 0.3) is 5.91 Å². The fourth-order valence-electron chi connectivity index (χ4n) is 1.86. The van der Waals surface area contributed by atoms with Crippen LogP contribution in [0, 0.1) is 6.92 Å². The second kappa shape index (κ2) is 5.19. The molecular formula is C12H15N5O3S. The number of rotatable bonds is 3. The van der Waals surface area contributed by atoms with Gasteiger partial charge < -0.3 is 11.1 Å². The predicted molar refractivity (Wildman–Crippen MR) is 78.1 cm³/mol. The van der Waals surface area contributed by atoms with Crippen molar-refractivity contribution in [1.82, 2.24) is 9.78 Å². The number of nitrogens with one attached hydrogen (secondary N) is 1. The number of nitrogen functional groups attached to an aromatic ring is 1. The molecule has 0 aliphatic rings. The van der Waals surface area contributed by atoms with Gasteiger partial charge in [0.05, 0.1) is 16.3 Å². The molecule has 5 N–H and O–H groups in total. The van der Waals surface area contributed by atoms with Crippen LogP contribution >= 0.6 is 0 Å². The van der Waals surface area contributed by atoms with E-state index >= 15 is 0 Å². The Bertz CT molecular complexity index is 793. The van der Waals surface area contributed by atoms with Gasteiger partial charge in [0.1, 0.15) is 5.69 Å². The number of hydrogen-bond acceptors (Lipinski definition) is 5. The van der Waals surface area contributed by atoms with Gasteiger partial charge >= 0.3 is 0 Å². The average molecular weight is 309 g/mol. The standard InChI is InChI=1S/C12H15N5O3S/c1-7-10(13)11(17(2)16-7)12(18)15-8-3-5-9(6-4-8)21(14,19)20/h3-6H,13H2,1-2H3,(H,15,18)(H2,14,19,20). The normalized spacial score (nSPS) is 11.4. The van der Waals surface area contributed by atoms with Gasteiger partial charge in [-0.1, -0.05) is 0 Å². The molecule has 8 nitrogen and oxygen atoms in total. The van der Waals surface area contributed by atoms with Crippen molar-refractivity contribution in [1.29, 1.82) is 0 Å². The molecule has 2 aromatic rings. The molecule has 0 fully saturated rings. The summed E-state index contributed by atoms with van der Waals surface area (Å²) in [7, 11) is -2.14. The molecule has 1 heterocycles. The van der Waals surface area contributed by atoms with E-state index < -0.39 is 15.9 Å². The number of nitrogens with two attached hydrogens (primary N) is 2. The molecule has 0 saturated heterocycles. The molecule has 2 rings (SSSR count). The average Bonchev–Trinajstić information content (AvgIpc) is 2.62. The summed E-state index contributed by atoms with van der Waals surface area (Å²) in [6.45, 7) is 1.70. The largest absolute Gasteiger partial charge is 0.395 e. The zero-order chi connectivity index (χ0) is 15.8. The lowest BCUT2D eigenvalue weighted by molar-refractivity contribution is 0.101. The van der Waals surface area contributed by atoms with Crippen LogP contribution in [0.15, 0.2) is 29.2 Å². The minimum absolute atomic E-state index is 0.0311. The topological polar surface area (TPSA) is 133 Å². The molecule has 112 valence electrons. The lowest BCUT2D eigenvalue weighted by Crippen LogP contribution is -2.18. The van der Waals surface area contributed by atoms with Crippen molar-refractivity contribution in [2.45, 2.75) is 11.8 Å². The molecule has 1 amide bonds. The molecule has 21 heavy (non-hydrogen) atoms. The van der Waals surface area contributed by atoms with E-state index in [0.717, 1.165) is 0 Å². The fraction of sp³-hybridized carbons (Fsp3) is 0.167. The van der Waals surface area contributed by atoms with Crippen molar-refractivity contribution in [2.24, 2.45) is 12.2 Å². The molecule has 1 aromatic heterocycles. The number of aryl methyl sites for hydroxylation is 2. The van der Waals surface area contributed by atoms with Crippen LogP contribution in [-0.2, 0) is 17.1 Å². The van der Waals surface area contributed by atoms with Crippen LogP contribution in [0.25, 0.3) is 0 Å². The maximum atomic E-state index is 12.2. The Labute approximate surface area is 121 Å². The first kappa shape index (κ1) is 15.0. The Hall–Kier alpha value is -2.39. The molecule has 0 atom stereocenters. The maximum Gasteiger partial charge on any atom is 0.276 e. The van der Waals surface area contributed by atoms with Crippen LogP contribution in [0.5, 0.6) is 0 Å². The lowest BCUT2D eigenvalue weighted by Gasteiger charge is -2.07. The Morgan fingerprint density at radius 1 is 1.29 bits per heavy atom. The summed E-state index contributed by atoms with van der Waals surface area (Å²) >= 11 is 0. The number of primary sulfonamides is 1. The van der Waals surface area contributed by atoms with Crippen LogP contribution in [0.3, 0.4) is 0 Å². The molecule has 0 radical (unpaired) electrons. The van der Waals surface area contributed by atoms with Gasteiger partial charge in [0, 0.05) is 12.7 Å². The number of amides is 1. The van der Waals surface area contributed by atoms with Crippen LogP contribution in [-0.4, -0.2) is 24.1 Å². The summed E-state index contributed by atoms with van der Waals surface area (Å²) in [6.07, 6.45) is 0. The summed E-state index contributed by atoms with van der Waals surface area (Å²) in [5, 5.41) is 11.7. The van der Waals surface area contributed by atoms with Crippen molar-refractivity contribution in [3.63, 3.8) is 0 Å². The van der Waals surface area contributed by atoms with E-state index in [0.29, 0.717) is 17.1 Å². The van der Waals surface area contributed by atoms with Gasteiger partial charge in [0.2, 0.25) is 10.0 Å². The quantitative estimate of drug-likeness (QED) is 0.745. The van der Waals surface area contributed by atoms with E-state index in [1.54, 1.807) is 14.0 Å². The highest BCUT2D eigenvalue weighted by molar-refractivity contribution is 7.89. The van der Waals surface area contributed by atoms with E-state index in [4.69, 9.17) is 10.9 Å². The van der Waals surface area contributed by atoms with Crippen LogP contribution in [0.2, 0.25) is 0 Å². The van der Waals surface area contributed by atoms with E-state index in [-0.39, 0.29) is 10.6 Å². The number of nitrogens with zero attached hydrogens (tertiary/aromatic N) is 2. The molecular weight excluding hydrogens is 294 g/mol. The second-order valence-electron chi connectivity index (χ2n) is 4.49. The maximum absolute atomic E-state index is 12.2. The molecule has 0 unspecified atom stereocenters. The highest BCUT2D eigenvalue weighted by Crippen LogP contribution is 2.18. The molecule has 0 spiro atoms. The highest BCUT2D eigenvalue weighted by Gasteiger charge is 2.18. The number of anilines is 2. The summed E-state index contributed by atoms with van der Waals surface area (Å²) in [5.74, 6) is -0.432. The van der Waals surface area contributed by atoms with E-state index in [9.17, 15) is 13.2 Å². The Balaban J connectivity index is 2.24. The van der Waals surface area contributed by atoms with Crippen LogP contribution in [0.1, 0.15) is 16.2 Å². The van der Waals surface area contributed by atoms with Crippen LogP contribution < -0.4 is 16.2 Å². The van der Waals surface area contributed by atoms with Crippen molar-refractivity contribution in [3.05, 3.63) is 35.7 Å². The highest BCUT2D eigenvalue weighted by atomic mass is 32.2. The first-order valence-electron chi connectivity index (χ1n) is 5.93. The number of sulfonamides is 1. The fourth-order valence-corrected chi connectivity index (χ4v) is 2.38. The molecule has 0 aliphatic carbocycles. The van der Waals surface area contributed by atoms with Gasteiger partial charge in [-0.05, 0) is 31.2 Å². The Morgan fingerprint density at radius 3 is 2.29 bits per heavy atom. The van der Waals surface area contributed by atoms with Crippen molar-refractivity contribution in [3.8, 4) is 0 Å². The first-order valence-corrected chi connectivity index (χ1v) is 7.48. The monoisotopic (exact) mass is 309 g/mol. The second-order valence-corrected chi connectivity index (χ2v) is 6.06. The molecule has 0 aliphatic heterocycles. The molecule has 0 bridgehead atoms. The summed E-state index contributed by atoms with van der Waals surface area (Å²) in [4.78, 5) is 12.1. The lowest BCUT2D eigenvalue weighted by atomic mass is 10.2. The van der Waals surface area contributed by atoms with Crippen molar-refractivity contribution >= 4 is 27.3 Å². The van der Waals surface area contributed by atoms with Crippen molar-refractivity contribution in [2.75, 3.05) is 11.1 Å². The number of hydrogen-bond donors (Lipinski definition) is 3. The smallest absolute Gasteiger partial charge is 0.276 e. The Kier molecular flexibility index (Phi) is 3.71. The van der Waals surface area contributed by atoms with E-state index in [1.165, 1.54) is 28.9 Å². The number of carbonyl (C=O) groups excluding carboxylic acids is 1. The summed E-state index contributed by atoms with van der Waals surface area (Å²) in [5.41, 5.74) is 7.32. The molecule has 1 aromatic carbocycles. The summed E-state index contributed by atoms with van der Waals surface area (Å²) < 4.78 is 23.7. The van der Waals surface area contributed by atoms with Crippen molar-refractivity contribution < 1.29 is 13.2 Å². The summed E-state index contributed by atoms with van der Waals surface area (Å²) in [6, 6.07) is 5.50. The SMILES string of the molecule is Cc1nn(C)c(C(=O)Nc2ccc(S(N)(=O)=O)cc2)c1N. The van der Waals surface area contributed by atoms with Gasteiger partial charge in [0.15, 0.2) is 0 Å². The zero-order valence-corrected chi connectivity index (χ0v) is 12.3. The van der Waals surface area contributed by atoms with Gasteiger partial charge in [-0.25, -0.2) is 13.6 Å². The third kappa shape index (κ3) is 3.03. The van der Waals surface area contributed by atoms with Gasteiger partial charge in [-0.15, -0.1) is 0 Å². The third-order valence-corrected chi connectivity index (χ3v) is 3.85. The first-order chi connectivity index (χ1) is 9.70. The zero-order valence-electron chi connectivity index (χ0n) is 11.5. The third-order valence-electron chi connectivity index (χ3n) is 2.92. The predicted octanol–water partition coefficient (Wildman–Crippen LogP) is 0.210. The number of carbonyl (C=O) groups is 1. The minimum atomic E-state index is -3.76. The van der Waals surface area contributed by atoms with E-state index in [1.807, 2.05) is 0 Å². The number of benzene rings is 1. The van der Waals surface area contributed by atoms with Gasteiger partial charge in [-0.2, -0.15) is 5.10 Å². The van der Waals surface area contributed by atoms with Gasteiger partial charge in [-0.3, -0.25) is 9.48 Å². The molecule has 0 saturated carbocycles.